The summed E-state index contributed by atoms with van der Waals surface area (Å²) in [5, 5.41) is 26.8. The predicted molar refractivity (Wildman–Crippen MR) is 71.6 cm³/mol. The Kier molecular flexibility index (Phi) is 34.3. The molecule has 0 aliphatic heterocycles. The van der Waals surface area contributed by atoms with E-state index in [0.717, 1.165) is 12.8 Å². The molecule has 0 aromatic carbocycles. The number of hydrogen-bond donors (Lipinski definition) is 2. The van der Waals surface area contributed by atoms with Crippen LogP contribution >= 0.6 is 0 Å². The topological polar surface area (TPSA) is 121 Å². The van der Waals surface area contributed by atoms with Crippen molar-refractivity contribution in [3.63, 3.8) is 0 Å². The van der Waals surface area contributed by atoms with Gasteiger partial charge in [0.05, 0.1) is 5.66 Å². The number of nitrogens with two attached hydrogens (primary N) is 2. The minimum absolute atomic E-state index is 0. The van der Waals surface area contributed by atoms with Gasteiger partial charge in [0.25, 0.3) is 0 Å². The van der Waals surface area contributed by atoms with Crippen LogP contribution in [0.4, 0.5) is 0 Å². The van der Waals surface area contributed by atoms with Crippen LogP contribution in [0.3, 0.4) is 0 Å². The summed E-state index contributed by atoms with van der Waals surface area (Å²) in [4.78, 5) is 0. The first-order chi connectivity index (χ1) is 7.95. The van der Waals surface area contributed by atoms with Crippen LogP contribution in [0.1, 0.15) is 52.9 Å². The van der Waals surface area contributed by atoms with Gasteiger partial charge in [-0.1, -0.05) is 40.0 Å². The third-order valence-corrected chi connectivity index (χ3v) is 1.78. The maximum atomic E-state index is 8.93. The normalized spacial score (nSPS) is 15.3. The maximum Gasteiger partial charge on any atom is 3.00 e. The number of hydrogen-bond acceptors (Lipinski definition) is 5. The molecule has 1 rings (SSSR count). The fourth-order valence-electron chi connectivity index (χ4n) is 1.21. The van der Waals surface area contributed by atoms with Gasteiger partial charge in [-0.15, -0.1) is 19.8 Å². The predicted octanol–water partition coefficient (Wildman–Crippen LogP) is -1.72. The van der Waals surface area contributed by atoms with Crippen LogP contribution in [0.2, 0.25) is 0 Å². The van der Waals surface area contributed by atoms with Gasteiger partial charge in [-0.3, -0.25) is 0 Å². The molecule has 108 valence electrons. The van der Waals surface area contributed by atoms with Crippen molar-refractivity contribution in [3.8, 4) is 0 Å². The molecule has 0 aromatic rings. The molecule has 1 fully saturated rings. The van der Waals surface area contributed by atoms with Gasteiger partial charge in [0.15, 0.2) is 0 Å². The summed E-state index contributed by atoms with van der Waals surface area (Å²) in [7, 11) is 0. The van der Waals surface area contributed by atoms with Crippen LogP contribution in [-0.4, -0.2) is 51.3 Å². The van der Waals surface area contributed by atoms with Crippen LogP contribution < -0.4 is 26.8 Å². The van der Waals surface area contributed by atoms with Crippen molar-refractivity contribution in [2.75, 3.05) is 19.8 Å². The van der Waals surface area contributed by atoms with Gasteiger partial charge in [-0.2, -0.15) is 0 Å². The molecular formula is C12H29InN2O3. The van der Waals surface area contributed by atoms with Crippen molar-refractivity contribution >= 4 is 25.8 Å². The quantitative estimate of drug-likeness (QED) is 0.496. The Hall–Kier alpha value is 0.670. The second-order valence-electron chi connectivity index (χ2n) is 3.66. The zero-order valence-electron chi connectivity index (χ0n) is 12.1. The van der Waals surface area contributed by atoms with E-state index < -0.39 is 0 Å². The SMILES string of the molecule is CC[O-].CC[O-].CC[O-].NC1(N)CCCCC1.[In+3]. The van der Waals surface area contributed by atoms with Gasteiger partial charge in [-0.25, -0.2) is 0 Å². The molecule has 0 amide bonds. The average Bonchev–Trinajstić information content (AvgIpc) is 2.20. The Morgan fingerprint density at radius 1 is 0.778 bits per heavy atom. The second-order valence-corrected chi connectivity index (χ2v) is 3.66. The van der Waals surface area contributed by atoms with Crippen molar-refractivity contribution in [2.24, 2.45) is 11.5 Å². The zero-order chi connectivity index (χ0) is 14.2. The molecule has 1 saturated carbocycles. The summed E-state index contributed by atoms with van der Waals surface area (Å²) in [5.74, 6) is 0. The standard InChI is InChI=1S/C6H14N2.3C2H5O.In/c7-6(8)4-2-1-3-5-6;3*1-2-3;/h1-5,7-8H2;3*2H2,1H3;/q;3*-1;+3. The van der Waals surface area contributed by atoms with Gasteiger partial charge in [-0.05, 0) is 12.8 Å². The first kappa shape index (κ1) is 27.1. The smallest absolute Gasteiger partial charge is 0.855 e. The monoisotopic (exact) mass is 364 g/mol. The summed E-state index contributed by atoms with van der Waals surface area (Å²) in [6.07, 6.45) is 5.76. The van der Waals surface area contributed by atoms with Crippen LogP contribution in [0.15, 0.2) is 0 Å². The van der Waals surface area contributed by atoms with E-state index in [1.54, 1.807) is 20.8 Å². The fraction of sp³-hybridized carbons (Fsp3) is 1.00. The molecule has 1 aliphatic carbocycles. The van der Waals surface area contributed by atoms with Gasteiger partial charge in [0.2, 0.25) is 0 Å². The summed E-state index contributed by atoms with van der Waals surface area (Å²) >= 11 is 0. The Labute approximate surface area is 131 Å². The van der Waals surface area contributed by atoms with E-state index in [-0.39, 0.29) is 51.3 Å². The first-order valence-electron chi connectivity index (χ1n) is 6.27. The molecule has 0 unspecified atom stereocenters. The molecule has 1 aliphatic rings. The Bertz CT molecular complexity index is 115. The van der Waals surface area contributed by atoms with Gasteiger partial charge >= 0.3 is 25.8 Å². The Balaban J connectivity index is -0.0000000840. The fourth-order valence-corrected chi connectivity index (χ4v) is 1.21. The van der Waals surface area contributed by atoms with Crippen molar-refractivity contribution in [1.82, 2.24) is 0 Å². The van der Waals surface area contributed by atoms with E-state index in [9.17, 15) is 0 Å². The summed E-state index contributed by atoms with van der Waals surface area (Å²) in [5.41, 5.74) is 11.0. The van der Waals surface area contributed by atoms with Crippen LogP contribution in [0, 0.1) is 0 Å². The molecule has 0 atom stereocenters. The second kappa shape index (κ2) is 22.8. The molecule has 0 spiro atoms. The average molecular weight is 364 g/mol. The number of rotatable bonds is 0. The largest absolute Gasteiger partial charge is 3.00 e. The molecular weight excluding hydrogens is 335 g/mol. The first-order valence-corrected chi connectivity index (χ1v) is 6.27. The molecule has 4 N–H and O–H groups in total. The van der Waals surface area contributed by atoms with E-state index >= 15 is 0 Å². The van der Waals surface area contributed by atoms with Crippen LogP contribution in [0.25, 0.3) is 0 Å². The third-order valence-electron chi connectivity index (χ3n) is 1.78. The Morgan fingerprint density at radius 3 is 1.11 bits per heavy atom. The minimum atomic E-state index is -0.321. The van der Waals surface area contributed by atoms with Crippen LogP contribution in [0.5, 0.6) is 0 Å². The van der Waals surface area contributed by atoms with Crippen LogP contribution in [-0.2, 0) is 0 Å². The van der Waals surface area contributed by atoms with Crippen molar-refractivity contribution < 1.29 is 15.3 Å². The molecule has 18 heavy (non-hydrogen) atoms. The molecule has 0 radical (unpaired) electrons. The van der Waals surface area contributed by atoms with E-state index in [2.05, 4.69) is 0 Å². The minimum Gasteiger partial charge on any atom is -0.855 e. The van der Waals surface area contributed by atoms with Gasteiger partial charge in [0.1, 0.15) is 0 Å². The van der Waals surface area contributed by atoms with Gasteiger partial charge < -0.3 is 26.8 Å². The Morgan fingerprint density at radius 2 is 1.00 bits per heavy atom. The maximum absolute atomic E-state index is 8.93. The molecule has 0 aromatic heterocycles. The summed E-state index contributed by atoms with van der Waals surface area (Å²) in [6, 6.07) is 0. The molecule has 5 nitrogen and oxygen atoms in total. The van der Waals surface area contributed by atoms with Gasteiger partial charge in [0, 0.05) is 0 Å². The van der Waals surface area contributed by atoms with E-state index in [1.807, 2.05) is 0 Å². The van der Waals surface area contributed by atoms with E-state index in [1.165, 1.54) is 19.3 Å². The molecule has 0 heterocycles. The summed E-state index contributed by atoms with van der Waals surface area (Å²) in [6.45, 7) is 4.71. The third kappa shape index (κ3) is 36.0. The van der Waals surface area contributed by atoms with E-state index in [4.69, 9.17) is 26.8 Å². The van der Waals surface area contributed by atoms with Crippen molar-refractivity contribution in [1.29, 1.82) is 0 Å². The van der Waals surface area contributed by atoms with Crippen molar-refractivity contribution in [3.05, 3.63) is 0 Å². The molecule has 0 bridgehead atoms. The van der Waals surface area contributed by atoms with Crippen molar-refractivity contribution in [2.45, 2.75) is 58.5 Å². The molecule has 6 heteroatoms. The zero-order valence-corrected chi connectivity index (χ0v) is 15.4. The molecule has 0 saturated heterocycles. The summed E-state index contributed by atoms with van der Waals surface area (Å²) < 4.78 is 0. The van der Waals surface area contributed by atoms with E-state index in [0.29, 0.717) is 0 Å².